The Labute approximate surface area is 168 Å². The fraction of sp³-hybridized carbons (Fsp3) is 0.300. The lowest BCUT2D eigenvalue weighted by Gasteiger charge is -2.28. The molecular formula is C20H21N3O5S. The molecule has 1 unspecified atom stereocenters. The van der Waals surface area contributed by atoms with Crippen LogP contribution < -0.4 is 5.32 Å². The van der Waals surface area contributed by atoms with Crippen LogP contribution in [0.3, 0.4) is 0 Å². The van der Waals surface area contributed by atoms with E-state index in [1.54, 1.807) is 24.3 Å². The van der Waals surface area contributed by atoms with Crippen molar-refractivity contribution >= 4 is 39.1 Å². The number of hydrogen-bond donors (Lipinski definition) is 1. The molecule has 29 heavy (non-hydrogen) atoms. The fourth-order valence-electron chi connectivity index (χ4n) is 3.05. The number of aliphatic imine (C=N–C) groups is 1. The molecule has 1 aliphatic heterocycles. The van der Waals surface area contributed by atoms with Gasteiger partial charge in [-0.15, -0.1) is 0 Å². The summed E-state index contributed by atoms with van der Waals surface area (Å²) in [5.41, 5.74) is 0.961. The van der Waals surface area contributed by atoms with Crippen molar-refractivity contribution in [2.45, 2.75) is 24.2 Å². The average molecular weight is 415 g/mol. The van der Waals surface area contributed by atoms with Crippen molar-refractivity contribution in [2.24, 2.45) is 10.9 Å². The smallest absolute Gasteiger partial charge is 0.326 e. The van der Waals surface area contributed by atoms with Gasteiger partial charge in [0.15, 0.2) is 9.84 Å². The van der Waals surface area contributed by atoms with Gasteiger partial charge in [0.1, 0.15) is 0 Å². The highest BCUT2D eigenvalue weighted by Gasteiger charge is 2.35. The molecule has 0 aromatic heterocycles. The topological polar surface area (TPSA) is 113 Å². The van der Waals surface area contributed by atoms with Gasteiger partial charge in [-0.25, -0.2) is 13.2 Å². The summed E-state index contributed by atoms with van der Waals surface area (Å²) < 4.78 is 22.9. The summed E-state index contributed by atoms with van der Waals surface area (Å²) in [6.45, 7) is 0.207. The zero-order chi connectivity index (χ0) is 21.0. The van der Waals surface area contributed by atoms with Crippen LogP contribution in [0.2, 0.25) is 0 Å². The molecule has 0 bridgehead atoms. The van der Waals surface area contributed by atoms with Gasteiger partial charge in [0, 0.05) is 24.9 Å². The van der Waals surface area contributed by atoms with E-state index in [1.807, 2.05) is 0 Å². The van der Waals surface area contributed by atoms with Gasteiger partial charge in [0.25, 0.3) is 0 Å². The normalized spacial score (nSPS) is 18.4. The SMILES string of the molecule is CS(=O)(=O)c1ccc(NC(=O)CCCCN2C(=O)N=C3C=CC=CC3C2=O)cc1. The van der Waals surface area contributed by atoms with Crippen LogP contribution in [0.4, 0.5) is 10.5 Å². The van der Waals surface area contributed by atoms with Crippen LogP contribution in [0.1, 0.15) is 19.3 Å². The second kappa shape index (κ2) is 8.52. The lowest BCUT2D eigenvalue weighted by Crippen LogP contribution is -2.46. The predicted molar refractivity (Wildman–Crippen MR) is 108 cm³/mol. The van der Waals surface area contributed by atoms with Crippen molar-refractivity contribution in [2.75, 3.05) is 18.1 Å². The first-order valence-electron chi connectivity index (χ1n) is 9.14. The largest absolute Gasteiger partial charge is 0.350 e. The van der Waals surface area contributed by atoms with Gasteiger partial charge in [-0.3, -0.25) is 14.5 Å². The van der Waals surface area contributed by atoms with Gasteiger partial charge >= 0.3 is 6.03 Å². The number of fused-ring (bicyclic) bond motifs is 1. The summed E-state index contributed by atoms with van der Waals surface area (Å²) >= 11 is 0. The van der Waals surface area contributed by atoms with Gasteiger partial charge in [-0.05, 0) is 43.2 Å². The van der Waals surface area contributed by atoms with Crippen LogP contribution >= 0.6 is 0 Å². The molecule has 1 aliphatic carbocycles. The number of allylic oxidation sites excluding steroid dienone is 3. The van der Waals surface area contributed by atoms with E-state index >= 15 is 0 Å². The number of unbranched alkanes of at least 4 members (excludes halogenated alkanes) is 1. The quantitative estimate of drug-likeness (QED) is 0.687. The van der Waals surface area contributed by atoms with E-state index in [0.29, 0.717) is 24.2 Å². The maximum atomic E-state index is 12.5. The van der Waals surface area contributed by atoms with E-state index in [-0.39, 0.29) is 29.7 Å². The number of urea groups is 1. The molecular weight excluding hydrogens is 394 g/mol. The number of imide groups is 1. The lowest BCUT2D eigenvalue weighted by atomic mass is 9.95. The van der Waals surface area contributed by atoms with Crippen molar-refractivity contribution in [3.05, 3.63) is 48.6 Å². The second-order valence-electron chi connectivity index (χ2n) is 6.83. The molecule has 0 fully saturated rings. The minimum atomic E-state index is -3.28. The Morgan fingerprint density at radius 2 is 1.86 bits per heavy atom. The number of nitrogens with zero attached hydrogens (tertiary/aromatic N) is 2. The predicted octanol–water partition coefficient (Wildman–Crippen LogP) is 2.34. The highest BCUT2D eigenvalue weighted by molar-refractivity contribution is 7.90. The van der Waals surface area contributed by atoms with E-state index in [1.165, 1.54) is 24.3 Å². The first-order valence-corrected chi connectivity index (χ1v) is 11.0. The van der Waals surface area contributed by atoms with Crippen molar-refractivity contribution in [1.82, 2.24) is 4.90 Å². The highest BCUT2D eigenvalue weighted by Crippen LogP contribution is 2.20. The molecule has 8 nitrogen and oxygen atoms in total. The molecule has 0 saturated heterocycles. The standard InChI is InChI=1S/C20H21N3O5S/c1-29(27,28)15-11-9-14(10-12-15)21-18(24)8-4-5-13-23-19(25)16-6-2-3-7-17(16)22-20(23)26/h2-3,6-7,9-12,16H,4-5,8,13H2,1H3,(H,21,24). The zero-order valence-electron chi connectivity index (χ0n) is 15.9. The number of hydrogen-bond acceptors (Lipinski definition) is 5. The van der Waals surface area contributed by atoms with Crippen LogP contribution in [0.25, 0.3) is 0 Å². The Hall–Kier alpha value is -3.07. The first kappa shape index (κ1) is 20.7. The van der Waals surface area contributed by atoms with Crippen molar-refractivity contribution in [3.8, 4) is 0 Å². The molecule has 1 N–H and O–H groups in total. The van der Waals surface area contributed by atoms with Crippen LogP contribution in [0, 0.1) is 5.92 Å². The number of carbonyl (C=O) groups is 3. The number of anilines is 1. The second-order valence-corrected chi connectivity index (χ2v) is 8.85. The maximum Gasteiger partial charge on any atom is 0.350 e. The van der Waals surface area contributed by atoms with E-state index in [9.17, 15) is 22.8 Å². The third kappa shape index (κ3) is 5.05. The molecule has 9 heteroatoms. The molecule has 3 rings (SSSR count). The Balaban J connectivity index is 1.46. The number of nitrogens with one attached hydrogen (secondary N) is 1. The fourth-order valence-corrected chi connectivity index (χ4v) is 3.68. The summed E-state index contributed by atoms with van der Waals surface area (Å²) in [5, 5.41) is 2.69. The van der Waals surface area contributed by atoms with E-state index in [2.05, 4.69) is 10.3 Å². The highest BCUT2D eigenvalue weighted by atomic mass is 32.2. The number of rotatable bonds is 7. The molecule has 1 atom stereocenters. The summed E-state index contributed by atoms with van der Waals surface area (Å²) in [6, 6.07) is 5.35. The molecule has 1 aromatic rings. The van der Waals surface area contributed by atoms with Crippen molar-refractivity contribution in [1.29, 1.82) is 0 Å². The summed E-state index contributed by atoms with van der Waals surface area (Å²) in [4.78, 5) is 41.8. The Morgan fingerprint density at radius 1 is 1.14 bits per heavy atom. The Bertz CT molecular complexity index is 1020. The number of amides is 4. The van der Waals surface area contributed by atoms with Gasteiger partial charge in [0.2, 0.25) is 11.8 Å². The van der Waals surface area contributed by atoms with Crippen LogP contribution in [0.5, 0.6) is 0 Å². The van der Waals surface area contributed by atoms with Crippen LogP contribution in [-0.2, 0) is 19.4 Å². The minimum absolute atomic E-state index is 0.181. The first-order chi connectivity index (χ1) is 13.8. The molecule has 1 aromatic carbocycles. The molecule has 0 saturated carbocycles. The minimum Gasteiger partial charge on any atom is -0.326 e. The van der Waals surface area contributed by atoms with E-state index < -0.39 is 21.8 Å². The zero-order valence-corrected chi connectivity index (χ0v) is 16.7. The van der Waals surface area contributed by atoms with Crippen molar-refractivity contribution in [3.63, 3.8) is 0 Å². The molecule has 2 aliphatic rings. The van der Waals surface area contributed by atoms with E-state index in [4.69, 9.17) is 0 Å². The number of benzene rings is 1. The lowest BCUT2D eigenvalue weighted by molar-refractivity contribution is -0.129. The Kier molecular flexibility index (Phi) is 6.07. The maximum absolute atomic E-state index is 12.5. The third-order valence-corrected chi connectivity index (χ3v) is 5.72. The Morgan fingerprint density at radius 3 is 2.55 bits per heavy atom. The van der Waals surface area contributed by atoms with Crippen LogP contribution in [-0.4, -0.2) is 49.7 Å². The van der Waals surface area contributed by atoms with Gasteiger partial charge in [0.05, 0.1) is 16.5 Å². The molecule has 0 radical (unpaired) electrons. The summed E-state index contributed by atoms with van der Waals surface area (Å²) in [7, 11) is -3.28. The molecule has 1 heterocycles. The third-order valence-electron chi connectivity index (χ3n) is 4.59. The average Bonchev–Trinajstić information content (AvgIpc) is 2.67. The van der Waals surface area contributed by atoms with E-state index in [0.717, 1.165) is 11.2 Å². The summed E-state index contributed by atoms with van der Waals surface area (Å²) in [6.07, 6.45) is 9.15. The summed E-state index contributed by atoms with van der Waals surface area (Å²) in [5.74, 6) is -1.04. The van der Waals surface area contributed by atoms with Gasteiger partial charge in [-0.1, -0.05) is 18.2 Å². The molecule has 0 spiro atoms. The monoisotopic (exact) mass is 415 g/mol. The molecule has 152 valence electrons. The van der Waals surface area contributed by atoms with Crippen molar-refractivity contribution < 1.29 is 22.8 Å². The van der Waals surface area contributed by atoms with Crippen LogP contribution in [0.15, 0.2) is 58.5 Å². The number of carbonyl (C=O) groups excluding carboxylic acids is 3. The van der Waals surface area contributed by atoms with Gasteiger partial charge < -0.3 is 5.32 Å². The number of sulfone groups is 1. The molecule has 4 amide bonds. The van der Waals surface area contributed by atoms with Gasteiger partial charge in [-0.2, -0.15) is 4.99 Å².